The molecule has 1 aromatic heterocycles. The molecule has 0 amide bonds. The van der Waals surface area contributed by atoms with E-state index in [1.54, 1.807) is 0 Å². The fraction of sp³-hybridized carbons (Fsp3) is 0.267. The molecule has 94 valence electrons. The third kappa shape index (κ3) is 2.45. The van der Waals surface area contributed by atoms with Crippen LogP contribution in [0.3, 0.4) is 0 Å². The fourth-order valence-electron chi connectivity index (χ4n) is 1.97. The minimum absolute atomic E-state index is 0.125. The number of anilines is 1. The molecule has 0 radical (unpaired) electrons. The van der Waals surface area contributed by atoms with Gasteiger partial charge in [-0.1, -0.05) is 18.2 Å². The van der Waals surface area contributed by atoms with Gasteiger partial charge in [0.1, 0.15) is 0 Å². The fourth-order valence-corrected chi connectivity index (χ4v) is 1.97. The van der Waals surface area contributed by atoms with Gasteiger partial charge in [-0.15, -0.1) is 0 Å². The van der Waals surface area contributed by atoms with Gasteiger partial charge >= 0.3 is 0 Å². The Morgan fingerprint density at radius 1 is 1.22 bits per heavy atom. The summed E-state index contributed by atoms with van der Waals surface area (Å²) >= 11 is 0. The maximum atomic E-state index is 12.1. The van der Waals surface area contributed by atoms with E-state index in [0.29, 0.717) is 6.54 Å². The van der Waals surface area contributed by atoms with Crippen molar-refractivity contribution in [3.63, 3.8) is 0 Å². The number of rotatable bonds is 4. The van der Waals surface area contributed by atoms with Crippen LogP contribution in [0.1, 0.15) is 21.7 Å². The average molecular weight is 242 g/mol. The van der Waals surface area contributed by atoms with Gasteiger partial charge in [-0.2, -0.15) is 0 Å². The summed E-state index contributed by atoms with van der Waals surface area (Å²) in [6.07, 6.45) is 0. The first kappa shape index (κ1) is 12.4. The lowest BCUT2D eigenvalue weighted by molar-refractivity contribution is 0.101. The number of hydrogen-bond donors (Lipinski definition) is 1. The maximum Gasteiger partial charge on any atom is 0.183 e. The summed E-state index contributed by atoms with van der Waals surface area (Å²) in [5.74, 6) is 0.125. The number of aryl methyl sites for hydroxylation is 1. The van der Waals surface area contributed by atoms with E-state index in [1.165, 1.54) is 0 Å². The number of hydrogen-bond acceptors (Lipinski definition) is 2. The maximum absolute atomic E-state index is 12.1. The number of carbonyl (C=O) groups is 1. The average Bonchev–Trinajstić information content (AvgIpc) is 2.65. The second-order valence-electron chi connectivity index (χ2n) is 4.49. The number of para-hydroxylation sites is 1. The van der Waals surface area contributed by atoms with Crippen LogP contribution in [0.2, 0.25) is 0 Å². The van der Waals surface area contributed by atoms with Gasteiger partial charge in [-0.25, -0.2) is 0 Å². The zero-order valence-electron chi connectivity index (χ0n) is 11.0. The van der Waals surface area contributed by atoms with Crippen LogP contribution in [-0.4, -0.2) is 16.9 Å². The lowest BCUT2D eigenvalue weighted by Gasteiger charge is -2.05. The van der Waals surface area contributed by atoms with Crippen molar-refractivity contribution in [3.8, 4) is 0 Å². The molecule has 0 saturated carbocycles. The summed E-state index contributed by atoms with van der Waals surface area (Å²) in [5.41, 5.74) is 3.90. The highest BCUT2D eigenvalue weighted by molar-refractivity contribution is 6.00. The number of ketones is 1. The SMILES string of the molecule is Cc1cc(C(=O)CNc2ccccc2)c(C)n1C. The first-order chi connectivity index (χ1) is 8.59. The van der Waals surface area contributed by atoms with Gasteiger partial charge in [0.05, 0.1) is 6.54 Å². The van der Waals surface area contributed by atoms with E-state index in [4.69, 9.17) is 0 Å². The predicted molar refractivity (Wildman–Crippen MR) is 74.1 cm³/mol. The quantitative estimate of drug-likeness (QED) is 0.836. The van der Waals surface area contributed by atoms with Gasteiger partial charge in [0.15, 0.2) is 5.78 Å². The molecule has 0 aliphatic rings. The molecule has 0 atom stereocenters. The van der Waals surface area contributed by atoms with Crippen molar-refractivity contribution in [3.05, 3.63) is 53.3 Å². The number of nitrogens with one attached hydrogen (secondary N) is 1. The van der Waals surface area contributed by atoms with Crippen LogP contribution in [-0.2, 0) is 7.05 Å². The van der Waals surface area contributed by atoms with E-state index < -0.39 is 0 Å². The predicted octanol–water partition coefficient (Wildman–Crippen LogP) is 2.94. The second kappa shape index (κ2) is 5.08. The third-order valence-electron chi connectivity index (χ3n) is 3.30. The van der Waals surface area contributed by atoms with Crippen molar-refractivity contribution >= 4 is 11.5 Å². The molecule has 2 rings (SSSR count). The Bertz CT molecular complexity index is 555. The zero-order chi connectivity index (χ0) is 13.1. The number of benzene rings is 1. The minimum atomic E-state index is 0.125. The second-order valence-corrected chi connectivity index (χ2v) is 4.49. The summed E-state index contributed by atoms with van der Waals surface area (Å²) < 4.78 is 2.04. The summed E-state index contributed by atoms with van der Waals surface area (Å²) in [5, 5.41) is 3.14. The highest BCUT2D eigenvalue weighted by atomic mass is 16.1. The molecule has 1 N–H and O–H groups in total. The van der Waals surface area contributed by atoms with Crippen molar-refractivity contribution in [2.24, 2.45) is 7.05 Å². The van der Waals surface area contributed by atoms with E-state index in [-0.39, 0.29) is 5.78 Å². The Morgan fingerprint density at radius 2 is 1.89 bits per heavy atom. The van der Waals surface area contributed by atoms with E-state index in [9.17, 15) is 4.79 Å². The number of Topliss-reactive ketones (excluding diaryl/α,β-unsaturated/α-hetero) is 1. The Morgan fingerprint density at radius 3 is 2.44 bits per heavy atom. The molecule has 2 aromatic rings. The highest BCUT2D eigenvalue weighted by Crippen LogP contribution is 2.14. The molecule has 1 aromatic carbocycles. The van der Waals surface area contributed by atoms with Gasteiger partial charge in [0, 0.05) is 29.7 Å². The van der Waals surface area contributed by atoms with Gasteiger partial charge in [0.25, 0.3) is 0 Å². The Hall–Kier alpha value is -2.03. The van der Waals surface area contributed by atoms with E-state index in [1.807, 2.05) is 61.9 Å². The minimum Gasteiger partial charge on any atom is -0.378 e. The van der Waals surface area contributed by atoms with Crippen molar-refractivity contribution < 1.29 is 4.79 Å². The molecule has 1 heterocycles. The van der Waals surface area contributed by atoms with Crippen LogP contribution in [0.5, 0.6) is 0 Å². The van der Waals surface area contributed by atoms with E-state index in [2.05, 4.69) is 5.32 Å². The number of aromatic nitrogens is 1. The summed E-state index contributed by atoms with van der Waals surface area (Å²) in [6.45, 7) is 4.31. The van der Waals surface area contributed by atoms with Gasteiger partial charge < -0.3 is 9.88 Å². The van der Waals surface area contributed by atoms with E-state index in [0.717, 1.165) is 22.6 Å². The van der Waals surface area contributed by atoms with Gasteiger partial charge in [-0.3, -0.25) is 4.79 Å². The standard InChI is InChI=1S/C15H18N2O/c1-11-9-14(12(2)17(11)3)15(18)10-16-13-7-5-4-6-8-13/h4-9,16H,10H2,1-3H3. The van der Waals surface area contributed by atoms with Crippen LogP contribution in [0.25, 0.3) is 0 Å². The lowest BCUT2D eigenvalue weighted by atomic mass is 10.1. The molecular weight excluding hydrogens is 224 g/mol. The molecule has 0 unspecified atom stereocenters. The Labute approximate surface area is 107 Å². The summed E-state index contributed by atoms with van der Waals surface area (Å²) in [7, 11) is 1.98. The molecule has 18 heavy (non-hydrogen) atoms. The van der Waals surface area contributed by atoms with Crippen molar-refractivity contribution in [2.75, 3.05) is 11.9 Å². The van der Waals surface area contributed by atoms with Crippen LogP contribution in [0.4, 0.5) is 5.69 Å². The molecule has 0 fully saturated rings. The molecule has 0 aliphatic heterocycles. The molecule has 0 bridgehead atoms. The van der Waals surface area contributed by atoms with Gasteiger partial charge in [-0.05, 0) is 32.0 Å². The smallest absolute Gasteiger partial charge is 0.183 e. The van der Waals surface area contributed by atoms with Crippen LogP contribution in [0, 0.1) is 13.8 Å². The Balaban J connectivity index is 2.06. The third-order valence-corrected chi connectivity index (χ3v) is 3.30. The monoisotopic (exact) mass is 242 g/mol. The van der Waals surface area contributed by atoms with Gasteiger partial charge in [0.2, 0.25) is 0 Å². The highest BCUT2D eigenvalue weighted by Gasteiger charge is 2.13. The first-order valence-corrected chi connectivity index (χ1v) is 6.04. The topological polar surface area (TPSA) is 34.0 Å². The zero-order valence-corrected chi connectivity index (χ0v) is 11.0. The van der Waals surface area contributed by atoms with Crippen LogP contribution >= 0.6 is 0 Å². The molecule has 0 spiro atoms. The molecule has 3 heteroatoms. The largest absolute Gasteiger partial charge is 0.378 e. The first-order valence-electron chi connectivity index (χ1n) is 6.04. The van der Waals surface area contributed by atoms with Crippen molar-refractivity contribution in [1.82, 2.24) is 4.57 Å². The Kier molecular flexibility index (Phi) is 3.51. The summed E-state index contributed by atoms with van der Waals surface area (Å²) in [6, 6.07) is 11.7. The summed E-state index contributed by atoms with van der Waals surface area (Å²) in [4.78, 5) is 12.1. The van der Waals surface area contributed by atoms with E-state index >= 15 is 0 Å². The molecule has 3 nitrogen and oxygen atoms in total. The molecular formula is C15H18N2O. The molecule has 0 saturated heterocycles. The van der Waals surface area contributed by atoms with Crippen LogP contribution < -0.4 is 5.32 Å². The van der Waals surface area contributed by atoms with Crippen molar-refractivity contribution in [2.45, 2.75) is 13.8 Å². The normalized spacial score (nSPS) is 10.4. The lowest BCUT2D eigenvalue weighted by Crippen LogP contribution is -2.14. The van der Waals surface area contributed by atoms with Crippen molar-refractivity contribution in [1.29, 1.82) is 0 Å². The molecule has 0 aliphatic carbocycles. The van der Waals surface area contributed by atoms with Crippen LogP contribution in [0.15, 0.2) is 36.4 Å². The number of nitrogens with zero attached hydrogens (tertiary/aromatic N) is 1. The number of carbonyl (C=O) groups excluding carboxylic acids is 1.